The molecule has 0 aromatic heterocycles. The molecular weight excluding hydrogens is 278 g/mol. The average Bonchev–Trinajstić information content (AvgIpc) is 2.53. The second kappa shape index (κ2) is 8.31. The van der Waals surface area contributed by atoms with Gasteiger partial charge in [0, 0.05) is 18.0 Å². The Morgan fingerprint density at radius 1 is 1.33 bits per heavy atom. The van der Waals surface area contributed by atoms with Gasteiger partial charge in [-0.25, -0.2) is 0 Å². The first kappa shape index (κ1) is 16.2. The lowest BCUT2D eigenvalue weighted by atomic mass is 9.96. The molecule has 1 fully saturated rings. The van der Waals surface area contributed by atoms with Crippen LogP contribution in [0.1, 0.15) is 32.3 Å². The molecule has 0 radical (unpaired) electrons. The van der Waals surface area contributed by atoms with Gasteiger partial charge in [0.2, 0.25) is 0 Å². The zero-order chi connectivity index (χ0) is 15.1. The third kappa shape index (κ3) is 4.15. The molecule has 114 valence electrons. The van der Waals surface area contributed by atoms with E-state index in [1.54, 1.807) is 11.8 Å². The van der Waals surface area contributed by atoms with Crippen LogP contribution >= 0.6 is 11.8 Å². The summed E-state index contributed by atoms with van der Waals surface area (Å²) in [7, 11) is 0. The fraction of sp³-hybridized carbons (Fsp3) is 0.588. The van der Waals surface area contributed by atoms with Gasteiger partial charge < -0.3 is 10.2 Å². The van der Waals surface area contributed by atoms with E-state index in [9.17, 15) is 5.26 Å². The first-order valence-electron chi connectivity index (χ1n) is 7.91. The van der Waals surface area contributed by atoms with Gasteiger partial charge in [-0.3, -0.25) is 0 Å². The maximum absolute atomic E-state index is 9.52. The number of piperidine rings is 1. The van der Waals surface area contributed by atoms with Crippen LogP contribution in [0.2, 0.25) is 0 Å². The lowest BCUT2D eigenvalue weighted by Crippen LogP contribution is -2.37. The van der Waals surface area contributed by atoms with Gasteiger partial charge in [-0.1, -0.05) is 19.9 Å². The lowest BCUT2D eigenvalue weighted by molar-refractivity contribution is 0.386. The minimum absolute atomic E-state index is 0.778. The van der Waals surface area contributed by atoms with Crippen molar-refractivity contribution in [2.24, 2.45) is 5.92 Å². The second-order valence-corrected chi connectivity index (χ2v) is 6.74. The standard InChI is InChI=1S/C17H25N3S/c1-3-19-13-14-8-10-20(11-9-14)16-6-5-7-17(21-4-2)15(16)12-18/h5-7,14,19H,3-4,8-11,13H2,1-2H3. The van der Waals surface area contributed by atoms with E-state index >= 15 is 0 Å². The fourth-order valence-corrected chi connectivity index (χ4v) is 3.68. The predicted octanol–water partition coefficient (Wildman–Crippen LogP) is 3.50. The fourth-order valence-electron chi connectivity index (χ4n) is 2.90. The lowest BCUT2D eigenvalue weighted by Gasteiger charge is -2.34. The van der Waals surface area contributed by atoms with Crippen molar-refractivity contribution >= 4 is 17.4 Å². The molecule has 4 heteroatoms. The van der Waals surface area contributed by atoms with Gasteiger partial charge in [0.25, 0.3) is 0 Å². The molecule has 1 heterocycles. The van der Waals surface area contributed by atoms with E-state index in [4.69, 9.17) is 0 Å². The molecule has 21 heavy (non-hydrogen) atoms. The molecule has 2 rings (SSSR count). The molecule has 0 amide bonds. The van der Waals surface area contributed by atoms with E-state index in [2.05, 4.69) is 48.3 Å². The van der Waals surface area contributed by atoms with Crippen molar-refractivity contribution in [1.29, 1.82) is 5.26 Å². The van der Waals surface area contributed by atoms with Crippen LogP contribution in [0.4, 0.5) is 5.69 Å². The summed E-state index contributed by atoms with van der Waals surface area (Å²) >= 11 is 1.76. The van der Waals surface area contributed by atoms with Gasteiger partial charge in [-0.15, -0.1) is 11.8 Å². The first-order chi connectivity index (χ1) is 10.3. The molecule has 0 saturated carbocycles. The monoisotopic (exact) mass is 303 g/mol. The quantitative estimate of drug-likeness (QED) is 0.817. The van der Waals surface area contributed by atoms with Crippen molar-refractivity contribution in [2.75, 3.05) is 36.8 Å². The van der Waals surface area contributed by atoms with E-state index in [0.29, 0.717) is 0 Å². The molecule has 1 aliphatic heterocycles. The molecule has 0 atom stereocenters. The highest BCUT2D eigenvalue weighted by molar-refractivity contribution is 7.99. The van der Waals surface area contributed by atoms with Gasteiger partial charge in [0.1, 0.15) is 6.07 Å². The summed E-state index contributed by atoms with van der Waals surface area (Å²) in [4.78, 5) is 3.51. The number of anilines is 1. The smallest absolute Gasteiger partial charge is 0.103 e. The Balaban J connectivity index is 2.06. The minimum atomic E-state index is 0.778. The predicted molar refractivity (Wildman–Crippen MR) is 91.0 cm³/mol. The van der Waals surface area contributed by atoms with Gasteiger partial charge in [-0.2, -0.15) is 5.26 Å². The highest BCUT2D eigenvalue weighted by Crippen LogP contribution is 2.32. The molecule has 3 nitrogen and oxygen atoms in total. The Labute approximate surface area is 132 Å². The topological polar surface area (TPSA) is 39.1 Å². The van der Waals surface area contributed by atoms with Crippen LogP contribution in [-0.2, 0) is 0 Å². The third-order valence-electron chi connectivity index (χ3n) is 4.05. The van der Waals surface area contributed by atoms with Crippen LogP contribution in [0.3, 0.4) is 0 Å². The molecule has 0 aliphatic carbocycles. The Morgan fingerprint density at radius 2 is 2.10 bits per heavy atom. The van der Waals surface area contributed by atoms with Crippen LogP contribution in [0.15, 0.2) is 23.1 Å². The third-order valence-corrected chi connectivity index (χ3v) is 4.99. The summed E-state index contributed by atoms with van der Waals surface area (Å²) in [6.07, 6.45) is 2.42. The van der Waals surface area contributed by atoms with E-state index in [-0.39, 0.29) is 0 Å². The van der Waals surface area contributed by atoms with E-state index in [1.165, 1.54) is 12.8 Å². The van der Waals surface area contributed by atoms with Crippen molar-refractivity contribution in [3.8, 4) is 6.07 Å². The molecule has 1 aromatic rings. The number of nitrogens with zero attached hydrogens (tertiary/aromatic N) is 2. The Kier molecular flexibility index (Phi) is 6.41. The van der Waals surface area contributed by atoms with Crippen molar-refractivity contribution in [1.82, 2.24) is 5.32 Å². The summed E-state index contributed by atoms with van der Waals surface area (Å²) in [6.45, 7) is 8.59. The van der Waals surface area contributed by atoms with Gasteiger partial charge in [-0.05, 0) is 49.7 Å². The Hall–Kier alpha value is -1.18. The van der Waals surface area contributed by atoms with Crippen LogP contribution in [-0.4, -0.2) is 31.9 Å². The number of hydrogen-bond acceptors (Lipinski definition) is 4. The van der Waals surface area contributed by atoms with Crippen LogP contribution < -0.4 is 10.2 Å². The maximum Gasteiger partial charge on any atom is 0.103 e. The molecule has 0 spiro atoms. The molecule has 0 bridgehead atoms. The van der Waals surface area contributed by atoms with Gasteiger partial charge in [0.15, 0.2) is 0 Å². The summed E-state index contributed by atoms with van der Waals surface area (Å²) in [5.74, 6) is 1.78. The van der Waals surface area contributed by atoms with Crippen LogP contribution in [0.25, 0.3) is 0 Å². The van der Waals surface area contributed by atoms with E-state index in [0.717, 1.165) is 54.0 Å². The second-order valence-electron chi connectivity index (χ2n) is 5.43. The zero-order valence-corrected chi connectivity index (χ0v) is 13.9. The maximum atomic E-state index is 9.52. The number of nitrogens with one attached hydrogen (secondary N) is 1. The van der Waals surface area contributed by atoms with Crippen molar-refractivity contribution in [2.45, 2.75) is 31.6 Å². The van der Waals surface area contributed by atoms with E-state index in [1.807, 2.05) is 0 Å². The van der Waals surface area contributed by atoms with Crippen molar-refractivity contribution < 1.29 is 0 Å². The van der Waals surface area contributed by atoms with Crippen molar-refractivity contribution in [3.63, 3.8) is 0 Å². The number of benzene rings is 1. The zero-order valence-electron chi connectivity index (χ0n) is 13.1. The average molecular weight is 303 g/mol. The summed E-state index contributed by atoms with van der Waals surface area (Å²) in [6, 6.07) is 8.66. The molecule has 1 aliphatic rings. The highest BCUT2D eigenvalue weighted by atomic mass is 32.2. The number of hydrogen-bond donors (Lipinski definition) is 1. The first-order valence-corrected chi connectivity index (χ1v) is 8.90. The highest BCUT2D eigenvalue weighted by Gasteiger charge is 2.21. The van der Waals surface area contributed by atoms with Crippen LogP contribution in [0.5, 0.6) is 0 Å². The summed E-state index contributed by atoms with van der Waals surface area (Å²) < 4.78 is 0. The summed E-state index contributed by atoms with van der Waals surface area (Å²) in [5.41, 5.74) is 1.98. The Bertz CT molecular complexity index is 487. The molecule has 0 unspecified atom stereocenters. The molecule has 1 N–H and O–H groups in total. The molecule has 1 saturated heterocycles. The van der Waals surface area contributed by atoms with Crippen molar-refractivity contribution in [3.05, 3.63) is 23.8 Å². The normalized spacial score (nSPS) is 16.0. The largest absolute Gasteiger partial charge is 0.370 e. The van der Waals surface area contributed by atoms with Gasteiger partial charge >= 0.3 is 0 Å². The summed E-state index contributed by atoms with van der Waals surface area (Å²) in [5, 5.41) is 13.0. The number of thioether (sulfide) groups is 1. The molecular formula is C17H25N3S. The minimum Gasteiger partial charge on any atom is -0.370 e. The molecule has 1 aromatic carbocycles. The van der Waals surface area contributed by atoms with E-state index < -0.39 is 0 Å². The number of nitriles is 1. The SMILES string of the molecule is CCNCC1CCN(c2cccc(SCC)c2C#N)CC1. The van der Waals surface area contributed by atoms with Gasteiger partial charge in [0.05, 0.1) is 11.3 Å². The number of rotatable bonds is 6. The Morgan fingerprint density at radius 3 is 2.71 bits per heavy atom. The van der Waals surface area contributed by atoms with Crippen LogP contribution in [0, 0.1) is 17.2 Å².